The van der Waals surface area contributed by atoms with Crippen molar-refractivity contribution in [1.29, 1.82) is 0 Å². The largest absolute Gasteiger partial charge is 0.497 e. The van der Waals surface area contributed by atoms with Crippen LogP contribution in [0.4, 0.5) is 0 Å². The van der Waals surface area contributed by atoms with Gasteiger partial charge in [-0.15, -0.1) is 0 Å². The van der Waals surface area contributed by atoms with E-state index in [4.69, 9.17) is 16.3 Å². The van der Waals surface area contributed by atoms with E-state index in [9.17, 15) is 9.90 Å². The van der Waals surface area contributed by atoms with Gasteiger partial charge in [0.1, 0.15) is 5.75 Å². The molecule has 6 heteroatoms. The fraction of sp³-hybridized carbons (Fsp3) is 0.381. The lowest BCUT2D eigenvalue weighted by atomic mass is 9.84. The van der Waals surface area contributed by atoms with Gasteiger partial charge in [-0.3, -0.25) is 4.79 Å². The van der Waals surface area contributed by atoms with Crippen LogP contribution in [0, 0.1) is 0 Å². The predicted molar refractivity (Wildman–Crippen MR) is 106 cm³/mol. The summed E-state index contributed by atoms with van der Waals surface area (Å²) < 4.78 is 5.15. The van der Waals surface area contributed by atoms with E-state index in [1.54, 1.807) is 25.3 Å². The third-order valence-corrected chi connectivity index (χ3v) is 5.36. The minimum atomic E-state index is -0.801. The maximum atomic E-state index is 12.2. The van der Waals surface area contributed by atoms with Gasteiger partial charge < -0.3 is 20.1 Å². The Morgan fingerprint density at radius 1 is 1.22 bits per heavy atom. The summed E-state index contributed by atoms with van der Waals surface area (Å²) in [6.07, 6.45) is 1.33. The van der Waals surface area contributed by atoms with E-state index in [0.717, 1.165) is 25.2 Å². The SMILES string of the molecule is COc1cccc(C(=O)NCCN2CCC(O)(c3ccc(Cl)cc3)CC2)c1. The number of piperidine rings is 1. The molecule has 2 aromatic carbocycles. The molecule has 0 aliphatic carbocycles. The Hall–Kier alpha value is -2.08. The molecule has 1 heterocycles. The molecule has 0 unspecified atom stereocenters. The minimum absolute atomic E-state index is 0.108. The van der Waals surface area contributed by atoms with E-state index in [0.29, 0.717) is 35.7 Å². The third-order valence-electron chi connectivity index (χ3n) is 5.11. The summed E-state index contributed by atoms with van der Waals surface area (Å²) in [6, 6.07) is 14.5. The second kappa shape index (κ2) is 8.74. The van der Waals surface area contributed by atoms with Gasteiger partial charge in [-0.25, -0.2) is 0 Å². The Morgan fingerprint density at radius 3 is 2.59 bits per heavy atom. The summed E-state index contributed by atoms with van der Waals surface area (Å²) >= 11 is 5.93. The average molecular weight is 389 g/mol. The van der Waals surface area contributed by atoms with Crippen LogP contribution in [0.25, 0.3) is 0 Å². The Morgan fingerprint density at radius 2 is 1.93 bits per heavy atom. The van der Waals surface area contributed by atoms with Crippen molar-refractivity contribution in [1.82, 2.24) is 10.2 Å². The molecule has 1 aliphatic heterocycles. The molecule has 5 nitrogen and oxygen atoms in total. The predicted octanol–water partition coefficient (Wildman–Crippen LogP) is 3.06. The fourth-order valence-electron chi connectivity index (χ4n) is 3.39. The van der Waals surface area contributed by atoms with Gasteiger partial charge in [0, 0.05) is 36.8 Å². The number of carbonyl (C=O) groups is 1. The molecule has 2 N–H and O–H groups in total. The first-order valence-electron chi connectivity index (χ1n) is 9.13. The number of nitrogens with one attached hydrogen (secondary N) is 1. The number of amides is 1. The second-order valence-electron chi connectivity index (χ2n) is 6.87. The molecule has 144 valence electrons. The molecule has 1 saturated heterocycles. The van der Waals surface area contributed by atoms with E-state index >= 15 is 0 Å². The molecular formula is C21H25ClN2O3. The van der Waals surface area contributed by atoms with Crippen LogP contribution >= 0.6 is 11.6 Å². The highest BCUT2D eigenvalue weighted by atomic mass is 35.5. The van der Waals surface area contributed by atoms with Crippen molar-refractivity contribution in [2.24, 2.45) is 0 Å². The average Bonchev–Trinajstić information content (AvgIpc) is 2.70. The number of rotatable bonds is 6. The van der Waals surface area contributed by atoms with E-state index in [1.165, 1.54) is 0 Å². The monoisotopic (exact) mass is 388 g/mol. The first kappa shape index (κ1) is 19.7. The molecule has 0 saturated carbocycles. The van der Waals surface area contributed by atoms with E-state index in [2.05, 4.69) is 10.2 Å². The highest BCUT2D eigenvalue weighted by Gasteiger charge is 2.33. The van der Waals surface area contributed by atoms with Crippen molar-refractivity contribution in [3.8, 4) is 5.75 Å². The highest BCUT2D eigenvalue weighted by Crippen LogP contribution is 2.33. The van der Waals surface area contributed by atoms with Gasteiger partial charge in [0.05, 0.1) is 12.7 Å². The quantitative estimate of drug-likeness (QED) is 0.798. The van der Waals surface area contributed by atoms with Crippen molar-refractivity contribution in [2.75, 3.05) is 33.3 Å². The standard InChI is InChI=1S/C21H25ClN2O3/c1-27-19-4-2-3-16(15-19)20(25)23-11-14-24-12-9-21(26,10-13-24)17-5-7-18(22)8-6-17/h2-8,15,26H,9-14H2,1H3,(H,23,25). The fourth-order valence-corrected chi connectivity index (χ4v) is 3.52. The van der Waals surface area contributed by atoms with Crippen LogP contribution in [-0.2, 0) is 5.60 Å². The van der Waals surface area contributed by atoms with Gasteiger partial charge >= 0.3 is 0 Å². The summed E-state index contributed by atoms with van der Waals surface area (Å²) in [4.78, 5) is 14.5. The number of hydrogen-bond donors (Lipinski definition) is 2. The number of nitrogens with zero attached hydrogens (tertiary/aromatic N) is 1. The molecule has 2 aromatic rings. The molecule has 27 heavy (non-hydrogen) atoms. The lowest BCUT2D eigenvalue weighted by molar-refractivity contribution is -0.0255. The number of likely N-dealkylation sites (tertiary alicyclic amines) is 1. The summed E-state index contributed by atoms with van der Waals surface area (Å²) in [5.74, 6) is 0.559. The zero-order chi connectivity index (χ0) is 19.3. The van der Waals surface area contributed by atoms with Gasteiger partial charge in [0.25, 0.3) is 5.91 Å². The van der Waals surface area contributed by atoms with E-state index in [-0.39, 0.29) is 5.91 Å². The summed E-state index contributed by atoms with van der Waals surface area (Å²) in [6.45, 7) is 2.89. The molecule has 1 aliphatic rings. The summed E-state index contributed by atoms with van der Waals surface area (Å²) in [7, 11) is 1.58. The molecule has 1 amide bonds. The minimum Gasteiger partial charge on any atom is -0.497 e. The molecule has 0 bridgehead atoms. The molecular weight excluding hydrogens is 364 g/mol. The molecule has 3 rings (SSSR count). The van der Waals surface area contributed by atoms with Crippen LogP contribution in [0.15, 0.2) is 48.5 Å². The number of aliphatic hydroxyl groups is 1. The number of ether oxygens (including phenoxy) is 1. The smallest absolute Gasteiger partial charge is 0.251 e. The Kier molecular flexibility index (Phi) is 6.37. The second-order valence-corrected chi connectivity index (χ2v) is 7.30. The number of benzene rings is 2. The van der Waals surface area contributed by atoms with Gasteiger partial charge in [0.15, 0.2) is 0 Å². The van der Waals surface area contributed by atoms with E-state index in [1.807, 2.05) is 30.3 Å². The molecule has 0 radical (unpaired) electrons. The summed E-state index contributed by atoms with van der Waals surface area (Å²) in [5, 5.41) is 14.5. The zero-order valence-corrected chi connectivity index (χ0v) is 16.2. The van der Waals surface area contributed by atoms with Crippen LogP contribution in [-0.4, -0.2) is 49.2 Å². The van der Waals surface area contributed by atoms with Crippen molar-refractivity contribution < 1.29 is 14.6 Å². The van der Waals surface area contributed by atoms with Crippen LogP contribution in [0.3, 0.4) is 0 Å². The Bertz CT molecular complexity index is 771. The Labute approximate surface area is 164 Å². The van der Waals surface area contributed by atoms with Crippen molar-refractivity contribution >= 4 is 17.5 Å². The van der Waals surface area contributed by atoms with Gasteiger partial charge in [-0.05, 0) is 48.7 Å². The lowest BCUT2D eigenvalue weighted by Gasteiger charge is -2.38. The van der Waals surface area contributed by atoms with Crippen LogP contribution < -0.4 is 10.1 Å². The van der Waals surface area contributed by atoms with Crippen LogP contribution in [0.1, 0.15) is 28.8 Å². The third kappa shape index (κ3) is 5.01. The molecule has 1 fully saturated rings. The van der Waals surface area contributed by atoms with Gasteiger partial charge in [-0.2, -0.15) is 0 Å². The first-order valence-corrected chi connectivity index (χ1v) is 9.51. The highest BCUT2D eigenvalue weighted by molar-refractivity contribution is 6.30. The van der Waals surface area contributed by atoms with Crippen molar-refractivity contribution in [3.63, 3.8) is 0 Å². The lowest BCUT2D eigenvalue weighted by Crippen LogP contribution is -2.45. The van der Waals surface area contributed by atoms with E-state index < -0.39 is 5.60 Å². The van der Waals surface area contributed by atoms with Crippen LogP contribution in [0.5, 0.6) is 5.75 Å². The molecule has 0 atom stereocenters. The zero-order valence-electron chi connectivity index (χ0n) is 15.5. The van der Waals surface area contributed by atoms with Gasteiger partial charge in [-0.1, -0.05) is 29.8 Å². The maximum absolute atomic E-state index is 12.2. The van der Waals surface area contributed by atoms with Gasteiger partial charge in [0.2, 0.25) is 0 Å². The normalized spacial score (nSPS) is 16.7. The number of hydrogen-bond acceptors (Lipinski definition) is 4. The summed E-state index contributed by atoms with van der Waals surface area (Å²) in [5.41, 5.74) is 0.702. The first-order chi connectivity index (χ1) is 13.0. The number of carbonyl (C=O) groups excluding carboxylic acids is 1. The van der Waals surface area contributed by atoms with Crippen molar-refractivity contribution in [3.05, 3.63) is 64.7 Å². The number of halogens is 1. The molecule has 0 aromatic heterocycles. The van der Waals surface area contributed by atoms with Crippen LogP contribution in [0.2, 0.25) is 5.02 Å². The maximum Gasteiger partial charge on any atom is 0.251 e. The number of methoxy groups -OCH3 is 1. The van der Waals surface area contributed by atoms with Crippen molar-refractivity contribution in [2.45, 2.75) is 18.4 Å². The Balaban J connectivity index is 1.45. The molecule has 0 spiro atoms. The topological polar surface area (TPSA) is 61.8 Å².